The fourth-order valence-electron chi connectivity index (χ4n) is 1.99. The second-order valence-corrected chi connectivity index (χ2v) is 5.40. The molecule has 0 atom stereocenters. The van der Waals surface area contributed by atoms with Crippen LogP contribution in [0.25, 0.3) is 10.9 Å². The van der Waals surface area contributed by atoms with Crippen LogP contribution >= 0.6 is 15.9 Å². The van der Waals surface area contributed by atoms with Gasteiger partial charge in [0, 0.05) is 0 Å². The third-order valence-electron chi connectivity index (χ3n) is 3.08. The summed E-state index contributed by atoms with van der Waals surface area (Å²) in [7, 11) is 0. The fraction of sp³-hybridized carbons (Fsp3) is 0. The summed E-state index contributed by atoms with van der Waals surface area (Å²) in [4.78, 5) is 26.8. The smallest absolute Gasteiger partial charge is 0.349 e. The first kappa shape index (κ1) is 14.3. The van der Waals surface area contributed by atoms with Gasteiger partial charge in [-0.05, 0) is 51.8 Å². The minimum Gasteiger partial charge on any atom is -0.507 e. The molecule has 1 aromatic heterocycles. The van der Waals surface area contributed by atoms with Gasteiger partial charge in [0.1, 0.15) is 5.75 Å². The van der Waals surface area contributed by atoms with Crippen molar-refractivity contribution in [2.75, 3.05) is 0 Å². The molecule has 110 valence electrons. The standard InChI is InChI=1S/C15H10BrN3O3/c16-11-7-9(5-6-13(11)20)8-17-19-14(21)10-3-1-2-4-12(10)18-15(19)22/h1-8,20H,(H,18,22). The molecule has 22 heavy (non-hydrogen) atoms. The summed E-state index contributed by atoms with van der Waals surface area (Å²) in [6.45, 7) is 0. The van der Waals surface area contributed by atoms with Gasteiger partial charge in [-0.1, -0.05) is 12.1 Å². The maximum absolute atomic E-state index is 12.3. The van der Waals surface area contributed by atoms with Crippen LogP contribution in [-0.2, 0) is 0 Å². The summed E-state index contributed by atoms with van der Waals surface area (Å²) >= 11 is 3.19. The van der Waals surface area contributed by atoms with Crippen molar-refractivity contribution in [1.29, 1.82) is 0 Å². The molecule has 3 aromatic rings. The molecule has 3 rings (SSSR count). The molecule has 0 aliphatic rings. The number of para-hydroxylation sites is 1. The molecule has 2 N–H and O–H groups in total. The van der Waals surface area contributed by atoms with E-state index in [0.29, 0.717) is 20.9 Å². The van der Waals surface area contributed by atoms with Crippen molar-refractivity contribution in [3.63, 3.8) is 0 Å². The molecule has 0 unspecified atom stereocenters. The quantitative estimate of drug-likeness (QED) is 0.686. The first-order valence-corrected chi connectivity index (χ1v) is 7.12. The average molecular weight is 360 g/mol. The van der Waals surface area contributed by atoms with Gasteiger partial charge < -0.3 is 10.1 Å². The lowest BCUT2D eigenvalue weighted by Gasteiger charge is -2.01. The van der Waals surface area contributed by atoms with E-state index >= 15 is 0 Å². The normalized spacial score (nSPS) is 11.3. The number of nitrogens with zero attached hydrogens (tertiary/aromatic N) is 2. The number of aromatic amines is 1. The van der Waals surface area contributed by atoms with E-state index in [1.54, 1.807) is 36.4 Å². The second-order valence-electron chi connectivity index (χ2n) is 4.55. The molecule has 1 heterocycles. The lowest BCUT2D eigenvalue weighted by atomic mass is 10.2. The Balaban J connectivity index is 2.10. The highest BCUT2D eigenvalue weighted by Crippen LogP contribution is 2.23. The molecule has 0 radical (unpaired) electrons. The van der Waals surface area contributed by atoms with Crippen molar-refractivity contribution >= 4 is 33.0 Å². The monoisotopic (exact) mass is 359 g/mol. The Hall–Kier alpha value is -2.67. The Bertz CT molecular complexity index is 1000. The van der Waals surface area contributed by atoms with Crippen molar-refractivity contribution < 1.29 is 5.11 Å². The molecule has 0 aliphatic heterocycles. The van der Waals surface area contributed by atoms with Gasteiger partial charge in [-0.3, -0.25) is 4.79 Å². The molecule has 0 saturated carbocycles. The Morgan fingerprint density at radius 2 is 1.95 bits per heavy atom. The van der Waals surface area contributed by atoms with Crippen LogP contribution in [0.15, 0.2) is 61.6 Å². The maximum Gasteiger partial charge on any atom is 0.349 e. The van der Waals surface area contributed by atoms with Gasteiger partial charge in [0.15, 0.2) is 0 Å². The molecular formula is C15H10BrN3O3. The Kier molecular flexibility index (Phi) is 3.64. The lowest BCUT2D eigenvalue weighted by molar-refractivity contribution is 0.472. The number of fused-ring (bicyclic) bond motifs is 1. The number of phenolic OH excluding ortho intramolecular Hbond substituents is 1. The molecule has 0 bridgehead atoms. The predicted octanol–water partition coefficient (Wildman–Crippen LogP) is 2.04. The summed E-state index contributed by atoms with van der Waals surface area (Å²) in [6.07, 6.45) is 1.37. The number of phenols is 1. The van der Waals surface area contributed by atoms with Gasteiger partial charge in [-0.25, -0.2) is 4.79 Å². The minimum atomic E-state index is -0.613. The largest absolute Gasteiger partial charge is 0.507 e. The average Bonchev–Trinajstić information content (AvgIpc) is 2.50. The van der Waals surface area contributed by atoms with E-state index in [2.05, 4.69) is 26.0 Å². The van der Waals surface area contributed by atoms with Gasteiger partial charge in [0.2, 0.25) is 0 Å². The zero-order chi connectivity index (χ0) is 15.7. The summed E-state index contributed by atoms with van der Waals surface area (Å²) in [5.41, 5.74) is -0.00769. The number of hydrogen-bond donors (Lipinski definition) is 2. The highest BCUT2D eigenvalue weighted by atomic mass is 79.9. The maximum atomic E-state index is 12.3. The number of benzene rings is 2. The SMILES string of the molecule is O=c1[nH]c2ccccc2c(=O)n1N=Cc1ccc(O)c(Br)c1. The van der Waals surface area contributed by atoms with Gasteiger partial charge in [-0.2, -0.15) is 5.10 Å². The van der Waals surface area contributed by atoms with Gasteiger partial charge >= 0.3 is 5.69 Å². The number of aromatic hydroxyl groups is 1. The van der Waals surface area contributed by atoms with Crippen molar-refractivity contribution in [3.05, 3.63) is 73.3 Å². The number of halogens is 1. The molecule has 0 saturated heterocycles. The van der Waals surface area contributed by atoms with E-state index in [9.17, 15) is 14.7 Å². The molecule has 2 aromatic carbocycles. The zero-order valence-electron chi connectivity index (χ0n) is 11.2. The highest BCUT2D eigenvalue weighted by molar-refractivity contribution is 9.10. The van der Waals surface area contributed by atoms with Gasteiger partial charge in [0.05, 0.1) is 21.6 Å². The second kappa shape index (κ2) is 5.61. The fourth-order valence-corrected chi connectivity index (χ4v) is 2.38. The third-order valence-corrected chi connectivity index (χ3v) is 3.71. The summed E-state index contributed by atoms with van der Waals surface area (Å²) in [6, 6.07) is 11.5. The van der Waals surface area contributed by atoms with Crippen LogP contribution in [0.4, 0.5) is 0 Å². The topological polar surface area (TPSA) is 87.5 Å². The van der Waals surface area contributed by atoms with E-state index in [-0.39, 0.29) is 5.75 Å². The van der Waals surface area contributed by atoms with Crippen molar-refractivity contribution in [1.82, 2.24) is 9.66 Å². The van der Waals surface area contributed by atoms with Crippen molar-refractivity contribution in [2.45, 2.75) is 0 Å². The number of H-pyrrole nitrogens is 1. The number of hydrogen-bond acceptors (Lipinski definition) is 4. The molecule has 0 spiro atoms. The Labute approximate surface area is 132 Å². The first-order valence-electron chi connectivity index (χ1n) is 6.33. The van der Waals surface area contributed by atoms with Crippen molar-refractivity contribution in [2.24, 2.45) is 5.10 Å². The van der Waals surface area contributed by atoms with Crippen LogP contribution in [0.2, 0.25) is 0 Å². The summed E-state index contributed by atoms with van der Waals surface area (Å²) < 4.78 is 1.26. The van der Waals surface area contributed by atoms with Crippen molar-refractivity contribution in [3.8, 4) is 5.75 Å². The number of aromatic nitrogens is 2. The molecular weight excluding hydrogens is 350 g/mol. The summed E-state index contributed by atoms with van der Waals surface area (Å²) in [5, 5.41) is 13.7. The lowest BCUT2D eigenvalue weighted by Crippen LogP contribution is -2.32. The molecule has 0 amide bonds. The molecule has 0 aliphatic carbocycles. The Morgan fingerprint density at radius 3 is 2.73 bits per heavy atom. The van der Waals surface area contributed by atoms with E-state index in [4.69, 9.17) is 0 Å². The molecule has 7 heteroatoms. The highest BCUT2D eigenvalue weighted by Gasteiger charge is 2.05. The van der Waals surface area contributed by atoms with Crippen LogP contribution < -0.4 is 11.2 Å². The van der Waals surface area contributed by atoms with Gasteiger partial charge in [-0.15, -0.1) is 4.68 Å². The first-order chi connectivity index (χ1) is 10.6. The van der Waals surface area contributed by atoms with Gasteiger partial charge in [0.25, 0.3) is 5.56 Å². The van der Waals surface area contributed by atoms with E-state index < -0.39 is 11.2 Å². The summed E-state index contributed by atoms with van der Waals surface area (Å²) in [5.74, 6) is 0.0952. The van der Waals surface area contributed by atoms with E-state index in [1.807, 2.05) is 0 Å². The van der Waals surface area contributed by atoms with E-state index in [1.165, 1.54) is 12.3 Å². The van der Waals surface area contributed by atoms with Crippen LogP contribution in [0.3, 0.4) is 0 Å². The predicted molar refractivity (Wildman–Crippen MR) is 87.6 cm³/mol. The van der Waals surface area contributed by atoms with E-state index in [0.717, 1.165) is 4.68 Å². The van der Waals surface area contributed by atoms with Crippen LogP contribution in [0, 0.1) is 0 Å². The zero-order valence-corrected chi connectivity index (χ0v) is 12.7. The Morgan fingerprint density at radius 1 is 1.18 bits per heavy atom. The molecule has 0 fully saturated rings. The number of rotatable bonds is 2. The minimum absolute atomic E-state index is 0.0952. The van der Waals surface area contributed by atoms with Crippen LogP contribution in [0.5, 0.6) is 5.75 Å². The number of nitrogens with one attached hydrogen (secondary N) is 1. The van der Waals surface area contributed by atoms with Crippen LogP contribution in [-0.4, -0.2) is 21.0 Å². The molecule has 6 nitrogen and oxygen atoms in total. The van der Waals surface area contributed by atoms with Crippen LogP contribution in [0.1, 0.15) is 5.56 Å². The third kappa shape index (κ3) is 2.58.